The highest BCUT2D eigenvalue weighted by Gasteiger charge is 2.31. The van der Waals surface area contributed by atoms with Crippen LogP contribution in [0.1, 0.15) is 31.9 Å². The van der Waals surface area contributed by atoms with E-state index in [0.717, 1.165) is 28.0 Å². The van der Waals surface area contributed by atoms with E-state index in [4.69, 9.17) is 4.74 Å². The molecule has 2 atom stereocenters. The van der Waals surface area contributed by atoms with Crippen molar-refractivity contribution in [2.45, 2.75) is 51.2 Å². The number of hydrogen-bond donors (Lipinski definition) is 4. The Morgan fingerprint density at radius 2 is 1.79 bits per heavy atom. The molecule has 2 aromatic rings. The van der Waals surface area contributed by atoms with Gasteiger partial charge in [0, 0.05) is 10.9 Å². The van der Waals surface area contributed by atoms with Gasteiger partial charge in [-0.1, -0.05) is 34.1 Å². The molecule has 0 spiro atoms. The van der Waals surface area contributed by atoms with Crippen LogP contribution in [0.15, 0.2) is 46.9 Å². The zero-order valence-corrected chi connectivity index (χ0v) is 20.4. The zero-order valence-electron chi connectivity index (χ0n) is 18.8. The molecule has 1 unspecified atom stereocenters. The minimum absolute atomic E-state index is 0.145. The molecule has 0 bridgehead atoms. The first kappa shape index (κ1) is 25.7. The number of rotatable bonds is 6. The van der Waals surface area contributed by atoms with E-state index < -0.39 is 35.4 Å². The standard InChI is InChI=1S/C23H26BrF3N4O3/c1-22(2,3)34-21(33)31-18(10-13-5-4-6-14(9-13)23(25,26)27)20(32)28-12-19-29-16-8-7-15(24)11-17(16)30-19/h4-9,11,18-19,29-30H,10,12H2,1-3H3,(H,28,32)(H,31,33)/t18-,19?/m1/s1. The van der Waals surface area contributed by atoms with Gasteiger partial charge in [0.05, 0.1) is 23.5 Å². The Labute approximate surface area is 203 Å². The summed E-state index contributed by atoms with van der Waals surface area (Å²) >= 11 is 3.40. The minimum atomic E-state index is -4.52. The SMILES string of the molecule is CC(C)(C)OC(=O)N[C@H](Cc1cccc(C(F)(F)F)c1)C(=O)NCC1Nc2ccc(Br)cc2N1. The monoisotopic (exact) mass is 542 g/mol. The molecule has 0 saturated carbocycles. The zero-order chi connectivity index (χ0) is 25.1. The van der Waals surface area contributed by atoms with Gasteiger partial charge < -0.3 is 26.0 Å². The van der Waals surface area contributed by atoms with Gasteiger partial charge in [-0.25, -0.2) is 4.79 Å². The van der Waals surface area contributed by atoms with Crippen LogP contribution in [0.4, 0.5) is 29.3 Å². The van der Waals surface area contributed by atoms with Gasteiger partial charge >= 0.3 is 12.3 Å². The summed E-state index contributed by atoms with van der Waals surface area (Å²) in [5.74, 6) is -0.552. The molecule has 2 aromatic carbocycles. The number of carbonyl (C=O) groups excluding carboxylic acids is 2. The van der Waals surface area contributed by atoms with Crippen LogP contribution in [0, 0.1) is 0 Å². The average Bonchev–Trinajstić information content (AvgIpc) is 3.11. The Hall–Kier alpha value is -2.95. The fourth-order valence-corrected chi connectivity index (χ4v) is 3.73. The maximum Gasteiger partial charge on any atom is 0.416 e. The average molecular weight is 543 g/mol. The molecule has 1 heterocycles. The van der Waals surface area contributed by atoms with Crippen molar-refractivity contribution < 1.29 is 27.5 Å². The van der Waals surface area contributed by atoms with Crippen molar-refractivity contribution in [3.63, 3.8) is 0 Å². The summed E-state index contributed by atoms with van der Waals surface area (Å²) in [6, 6.07) is 9.17. The Bertz CT molecular complexity index is 1060. The summed E-state index contributed by atoms with van der Waals surface area (Å²) in [6.07, 6.45) is -5.80. The maximum atomic E-state index is 13.1. The molecule has 0 fully saturated rings. The number of hydrogen-bond acceptors (Lipinski definition) is 5. The number of fused-ring (bicyclic) bond motifs is 1. The molecule has 0 saturated heterocycles. The fraction of sp³-hybridized carbons (Fsp3) is 0.391. The third-order valence-electron chi connectivity index (χ3n) is 4.82. The van der Waals surface area contributed by atoms with E-state index >= 15 is 0 Å². The van der Waals surface area contributed by atoms with Crippen LogP contribution in [0.2, 0.25) is 0 Å². The first-order valence-corrected chi connectivity index (χ1v) is 11.4. The first-order chi connectivity index (χ1) is 15.8. The third-order valence-corrected chi connectivity index (χ3v) is 5.32. The van der Waals surface area contributed by atoms with Crippen LogP contribution in [0.25, 0.3) is 0 Å². The summed E-state index contributed by atoms with van der Waals surface area (Å²) in [5.41, 5.74) is 0.347. The van der Waals surface area contributed by atoms with Crippen LogP contribution in [-0.4, -0.2) is 36.4 Å². The molecular formula is C23H26BrF3N4O3. The van der Waals surface area contributed by atoms with Crippen molar-refractivity contribution in [1.82, 2.24) is 10.6 Å². The predicted octanol–water partition coefficient (Wildman–Crippen LogP) is 4.88. The lowest BCUT2D eigenvalue weighted by atomic mass is 10.0. The van der Waals surface area contributed by atoms with E-state index in [1.807, 2.05) is 18.2 Å². The summed E-state index contributed by atoms with van der Waals surface area (Å²) in [4.78, 5) is 25.3. The number of anilines is 2. The first-order valence-electron chi connectivity index (χ1n) is 10.6. The van der Waals surface area contributed by atoms with Gasteiger partial charge in [-0.05, 0) is 50.6 Å². The van der Waals surface area contributed by atoms with Crippen LogP contribution in [0.5, 0.6) is 0 Å². The lowest BCUT2D eigenvalue weighted by Gasteiger charge is -2.24. The van der Waals surface area contributed by atoms with E-state index in [1.54, 1.807) is 20.8 Å². The second-order valence-electron chi connectivity index (χ2n) is 8.88. The lowest BCUT2D eigenvalue weighted by molar-refractivity contribution is -0.137. The van der Waals surface area contributed by atoms with Crippen molar-refractivity contribution in [2.75, 3.05) is 17.2 Å². The predicted molar refractivity (Wildman–Crippen MR) is 126 cm³/mol. The fourth-order valence-electron chi connectivity index (χ4n) is 3.37. The second-order valence-corrected chi connectivity index (χ2v) is 9.79. The highest BCUT2D eigenvalue weighted by molar-refractivity contribution is 9.10. The Morgan fingerprint density at radius 1 is 1.09 bits per heavy atom. The number of halogens is 4. The summed E-state index contributed by atoms with van der Waals surface area (Å²) < 4.78 is 45.4. The lowest BCUT2D eigenvalue weighted by Crippen LogP contribution is -2.51. The smallest absolute Gasteiger partial charge is 0.416 e. The molecule has 34 heavy (non-hydrogen) atoms. The van der Waals surface area contributed by atoms with E-state index in [1.165, 1.54) is 12.1 Å². The number of alkyl halides is 3. The molecule has 1 aliphatic heterocycles. The van der Waals surface area contributed by atoms with Crippen molar-refractivity contribution >= 4 is 39.3 Å². The number of amides is 2. The number of ether oxygens (including phenoxy) is 1. The molecule has 2 amide bonds. The topological polar surface area (TPSA) is 91.5 Å². The Balaban J connectivity index is 1.69. The number of alkyl carbamates (subject to hydrolysis) is 1. The van der Waals surface area contributed by atoms with Gasteiger partial charge in [0.2, 0.25) is 5.91 Å². The highest BCUT2D eigenvalue weighted by atomic mass is 79.9. The molecule has 7 nitrogen and oxygen atoms in total. The van der Waals surface area contributed by atoms with Crippen molar-refractivity contribution in [3.05, 3.63) is 58.1 Å². The molecule has 1 aliphatic rings. The van der Waals surface area contributed by atoms with Crippen LogP contribution < -0.4 is 21.3 Å². The molecule has 11 heteroatoms. The number of nitrogens with one attached hydrogen (secondary N) is 4. The third kappa shape index (κ3) is 7.28. The number of benzene rings is 2. The van der Waals surface area contributed by atoms with Crippen LogP contribution >= 0.6 is 15.9 Å². The second kappa shape index (κ2) is 10.1. The largest absolute Gasteiger partial charge is 0.444 e. The van der Waals surface area contributed by atoms with Crippen molar-refractivity contribution in [2.24, 2.45) is 0 Å². The molecule has 3 rings (SSSR count). The molecule has 4 N–H and O–H groups in total. The van der Waals surface area contributed by atoms with Gasteiger partial charge in [0.15, 0.2) is 0 Å². The highest BCUT2D eigenvalue weighted by Crippen LogP contribution is 2.31. The van der Waals surface area contributed by atoms with Crippen molar-refractivity contribution in [3.8, 4) is 0 Å². The van der Waals surface area contributed by atoms with Crippen LogP contribution in [-0.2, 0) is 22.1 Å². The molecular weight excluding hydrogens is 517 g/mol. The van der Waals surface area contributed by atoms with E-state index in [2.05, 4.69) is 37.2 Å². The Morgan fingerprint density at radius 3 is 2.47 bits per heavy atom. The molecule has 0 aromatic heterocycles. The molecule has 184 valence electrons. The summed E-state index contributed by atoms with van der Waals surface area (Å²) in [6.45, 7) is 5.17. The molecule has 0 radical (unpaired) electrons. The minimum Gasteiger partial charge on any atom is -0.444 e. The van der Waals surface area contributed by atoms with Crippen molar-refractivity contribution in [1.29, 1.82) is 0 Å². The van der Waals surface area contributed by atoms with Gasteiger partial charge in [0.25, 0.3) is 0 Å². The normalized spacial score (nSPS) is 16.0. The van der Waals surface area contributed by atoms with E-state index in [0.29, 0.717) is 0 Å². The summed E-state index contributed by atoms with van der Waals surface area (Å²) in [7, 11) is 0. The quantitative estimate of drug-likeness (QED) is 0.417. The van der Waals surface area contributed by atoms with Crippen LogP contribution in [0.3, 0.4) is 0 Å². The van der Waals surface area contributed by atoms with Gasteiger partial charge in [0.1, 0.15) is 17.8 Å². The van der Waals surface area contributed by atoms with Gasteiger partial charge in [-0.15, -0.1) is 0 Å². The van der Waals surface area contributed by atoms with Gasteiger partial charge in [-0.2, -0.15) is 13.2 Å². The van der Waals surface area contributed by atoms with Gasteiger partial charge in [-0.3, -0.25) is 4.79 Å². The van der Waals surface area contributed by atoms with E-state index in [-0.39, 0.29) is 24.7 Å². The summed E-state index contributed by atoms with van der Waals surface area (Å²) in [5, 5.41) is 11.7. The Kier molecular flexibility index (Phi) is 7.64. The maximum absolute atomic E-state index is 13.1. The number of carbonyl (C=O) groups is 2. The molecule has 0 aliphatic carbocycles. The van der Waals surface area contributed by atoms with E-state index in [9.17, 15) is 22.8 Å².